The second-order valence-electron chi connectivity index (χ2n) is 3.41. The van der Waals surface area contributed by atoms with Crippen LogP contribution in [0, 0.1) is 10.1 Å². The van der Waals surface area contributed by atoms with Gasteiger partial charge in [0, 0.05) is 12.1 Å². The molecule has 0 aliphatic rings. The summed E-state index contributed by atoms with van der Waals surface area (Å²) >= 11 is 0. The highest BCUT2D eigenvalue weighted by Crippen LogP contribution is 2.28. The van der Waals surface area contributed by atoms with Crippen LogP contribution in [0.2, 0.25) is 0 Å². The third-order valence-corrected chi connectivity index (χ3v) is 1.77. The molecule has 0 fully saturated rings. The number of carboxylic acid groups (broad SMARTS) is 1. The first-order chi connectivity index (χ1) is 7.41. The molecule has 0 spiro atoms. The Balaban J connectivity index is 3.21. The lowest BCUT2D eigenvalue weighted by atomic mass is 10.2. The molecular weight excluding hydrogens is 214 g/mol. The molecule has 6 heteroatoms. The van der Waals surface area contributed by atoms with E-state index in [4.69, 9.17) is 9.84 Å². The number of nitro benzene ring substituents is 1. The number of nitro groups is 1. The Morgan fingerprint density at radius 3 is 2.56 bits per heavy atom. The van der Waals surface area contributed by atoms with Crippen LogP contribution in [0.4, 0.5) is 5.69 Å². The molecule has 0 aliphatic carbocycles. The van der Waals surface area contributed by atoms with Crippen LogP contribution in [0.3, 0.4) is 0 Å². The van der Waals surface area contributed by atoms with Crippen LogP contribution >= 0.6 is 0 Å². The van der Waals surface area contributed by atoms with E-state index in [-0.39, 0.29) is 23.1 Å². The highest BCUT2D eigenvalue weighted by Gasteiger charge is 2.18. The average Bonchev–Trinajstić information content (AvgIpc) is 2.15. The van der Waals surface area contributed by atoms with E-state index in [1.807, 2.05) is 0 Å². The third kappa shape index (κ3) is 2.69. The molecule has 0 bridgehead atoms. The summed E-state index contributed by atoms with van der Waals surface area (Å²) < 4.78 is 5.19. The van der Waals surface area contributed by atoms with Crippen LogP contribution in [0.15, 0.2) is 18.2 Å². The van der Waals surface area contributed by atoms with Gasteiger partial charge in [0.1, 0.15) is 0 Å². The van der Waals surface area contributed by atoms with E-state index >= 15 is 0 Å². The van der Waals surface area contributed by atoms with Gasteiger partial charge in [0.05, 0.1) is 16.6 Å². The van der Waals surface area contributed by atoms with Crippen molar-refractivity contribution in [2.24, 2.45) is 0 Å². The molecule has 16 heavy (non-hydrogen) atoms. The molecular formula is C10H11NO5. The Kier molecular flexibility index (Phi) is 3.44. The summed E-state index contributed by atoms with van der Waals surface area (Å²) in [7, 11) is 0. The number of aromatic carboxylic acids is 1. The lowest BCUT2D eigenvalue weighted by Crippen LogP contribution is -2.08. The van der Waals surface area contributed by atoms with Crippen molar-refractivity contribution in [1.29, 1.82) is 0 Å². The number of hydrogen-bond donors (Lipinski definition) is 1. The maximum absolute atomic E-state index is 10.7. The molecule has 0 radical (unpaired) electrons. The highest BCUT2D eigenvalue weighted by molar-refractivity contribution is 5.88. The Morgan fingerprint density at radius 1 is 1.50 bits per heavy atom. The number of hydrogen-bond acceptors (Lipinski definition) is 4. The fourth-order valence-electron chi connectivity index (χ4n) is 1.15. The maximum Gasteiger partial charge on any atom is 0.335 e. The lowest BCUT2D eigenvalue weighted by molar-refractivity contribution is -0.386. The number of benzene rings is 1. The van der Waals surface area contributed by atoms with Crippen molar-refractivity contribution in [2.75, 3.05) is 0 Å². The van der Waals surface area contributed by atoms with Crippen molar-refractivity contribution in [2.45, 2.75) is 20.0 Å². The van der Waals surface area contributed by atoms with Crippen LogP contribution < -0.4 is 4.74 Å². The molecule has 1 N–H and O–H groups in total. The molecule has 0 amide bonds. The lowest BCUT2D eigenvalue weighted by Gasteiger charge is -2.10. The number of rotatable bonds is 4. The summed E-state index contributed by atoms with van der Waals surface area (Å²) in [6.07, 6.45) is -0.261. The Morgan fingerprint density at radius 2 is 2.12 bits per heavy atom. The third-order valence-electron chi connectivity index (χ3n) is 1.77. The molecule has 0 atom stereocenters. The normalized spacial score (nSPS) is 10.2. The number of carbonyl (C=O) groups is 1. The van der Waals surface area contributed by atoms with Gasteiger partial charge >= 0.3 is 11.7 Å². The van der Waals surface area contributed by atoms with Crippen molar-refractivity contribution in [3.8, 4) is 5.75 Å². The SMILES string of the molecule is CC(C)Oc1cc(C(=O)O)ccc1[N+](=O)[O-]. The van der Waals surface area contributed by atoms with Gasteiger partial charge in [-0.15, -0.1) is 0 Å². The van der Waals surface area contributed by atoms with E-state index in [0.29, 0.717) is 0 Å². The van der Waals surface area contributed by atoms with Gasteiger partial charge in [0.15, 0.2) is 5.75 Å². The maximum atomic E-state index is 10.7. The minimum Gasteiger partial charge on any atom is -0.484 e. The largest absolute Gasteiger partial charge is 0.484 e. The summed E-state index contributed by atoms with van der Waals surface area (Å²) in [6, 6.07) is 3.45. The zero-order valence-corrected chi connectivity index (χ0v) is 8.84. The van der Waals surface area contributed by atoms with Gasteiger partial charge in [0.25, 0.3) is 0 Å². The first-order valence-electron chi connectivity index (χ1n) is 4.60. The van der Waals surface area contributed by atoms with Gasteiger partial charge in [-0.05, 0) is 19.9 Å². The van der Waals surface area contributed by atoms with E-state index in [1.165, 1.54) is 6.07 Å². The minimum absolute atomic E-state index is 0.0279. The topological polar surface area (TPSA) is 89.7 Å². The predicted octanol–water partition coefficient (Wildman–Crippen LogP) is 2.08. The van der Waals surface area contributed by atoms with Crippen LogP contribution in [0.5, 0.6) is 5.75 Å². The predicted molar refractivity (Wildman–Crippen MR) is 55.8 cm³/mol. The Bertz CT molecular complexity index is 427. The van der Waals surface area contributed by atoms with Crippen molar-refractivity contribution < 1.29 is 19.6 Å². The van der Waals surface area contributed by atoms with E-state index in [1.54, 1.807) is 13.8 Å². The molecule has 1 rings (SSSR count). The minimum atomic E-state index is -1.15. The summed E-state index contributed by atoms with van der Waals surface area (Å²) in [5.41, 5.74) is -0.278. The second kappa shape index (κ2) is 4.61. The summed E-state index contributed by atoms with van der Waals surface area (Å²) in [4.78, 5) is 20.7. The van der Waals surface area contributed by atoms with Crippen LogP contribution in [-0.2, 0) is 0 Å². The zero-order chi connectivity index (χ0) is 12.3. The van der Waals surface area contributed by atoms with E-state index < -0.39 is 10.9 Å². The molecule has 1 aromatic carbocycles. The molecule has 0 saturated heterocycles. The number of carboxylic acids is 1. The van der Waals surface area contributed by atoms with Gasteiger partial charge in [-0.2, -0.15) is 0 Å². The van der Waals surface area contributed by atoms with Gasteiger partial charge in [0.2, 0.25) is 0 Å². The fourth-order valence-corrected chi connectivity index (χ4v) is 1.15. The second-order valence-corrected chi connectivity index (χ2v) is 3.41. The molecule has 0 heterocycles. The van der Waals surface area contributed by atoms with E-state index in [9.17, 15) is 14.9 Å². The van der Waals surface area contributed by atoms with Crippen molar-refractivity contribution in [3.63, 3.8) is 0 Å². The standard InChI is InChI=1S/C10H11NO5/c1-6(2)16-9-5-7(10(12)13)3-4-8(9)11(14)15/h3-6H,1-2H3,(H,12,13). The Labute approximate surface area is 91.6 Å². The van der Waals surface area contributed by atoms with E-state index in [2.05, 4.69) is 0 Å². The summed E-state index contributed by atoms with van der Waals surface area (Å²) in [5, 5.41) is 19.4. The molecule has 86 valence electrons. The fraction of sp³-hybridized carbons (Fsp3) is 0.300. The van der Waals surface area contributed by atoms with Crippen LogP contribution in [0.25, 0.3) is 0 Å². The van der Waals surface area contributed by atoms with Crippen molar-refractivity contribution in [1.82, 2.24) is 0 Å². The van der Waals surface area contributed by atoms with Crippen molar-refractivity contribution in [3.05, 3.63) is 33.9 Å². The first kappa shape index (κ1) is 12.0. The summed E-state index contributed by atoms with van der Waals surface area (Å²) in [5.74, 6) is -1.18. The van der Waals surface area contributed by atoms with Crippen LogP contribution in [-0.4, -0.2) is 22.1 Å². The molecule has 1 aromatic rings. The van der Waals surface area contributed by atoms with Gasteiger partial charge < -0.3 is 9.84 Å². The molecule has 0 unspecified atom stereocenters. The van der Waals surface area contributed by atoms with Gasteiger partial charge in [-0.1, -0.05) is 0 Å². The smallest absolute Gasteiger partial charge is 0.335 e. The number of ether oxygens (including phenoxy) is 1. The summed E-state index contributed by atoms with van der Waals surface area (Å²) in [6.45, 7) is 3.41. The van der Waals surface area contributed by atoms with Crippen LogP contribution in [0.1, 0.15) is 24.2 Å². The zero-order valence-electron chi connectivity index (χ0n) is 8.84. The Hall–Kier alpha value is -2.11. The molecule has 0 saturated carbocycles. The number of nitrogens with zero attached hydrogens (tertiary/aromatic N) is 1. The first-order valence-corrected chi connectivity index (χ1v) is 4.60. The highest BCUT2D eigenvalue weighted by atomic mass is 16.6. The molecule has 0 aliphatic heterocycles. The monoisotopic (exact) mass is 225 g/mol. The van der Waals surface area contributed by atoms with E-state index in [0.717, 1.165) is 12.1 Å². The molecule has 0 aromatic heterocycles. The molecule has 6 nitrogen and oxygen atoms in total. The average molecular weight is 225 g/mol. The quantitative estimate of drug-likeness (QED) is 0.625. The van der Waals surface area contributed by atoms with Gasteiger partial charge in [-0.25, -0.2) is 4.79 Å². The van der Waals surface area contributed by atoms with Crippen molar-refractivity contribution >= 4 is 11.7 Å². The van der Waals surface area contributed by atoms with Gasteiger partial charge in [-0.3, -0.25) is 10.1 Å².